The molecule has 9 heteroatoms. The van der Waals surface area contributed by atoms with Gasteiger partial charge in [0.25, 0.3) is 5.91 Å². The molecule has 0 unspecified atom stereocenters. The maximum Gasteiger partial charge on any atom is 0.340 e. The van der Waals surface area contributed by atoms with Gasteiger partial charge in [-0.2, -0.15) is 5.10 Å². The summed E-state index contributed by atoms with van der Waals surface area (Å²) in [6.45, 7) is 7.12. The number of aromatic amines is 2. The van der Waals surface area contributed by atoms with E-state index < -0.39 is 0 Å². The van der Waals surface area contributed by atoms with E-state index in [4.69, 9.17) is 0 Å². The maximum absolute atomic E-state index is 12.6. The van der Waals surface area contributed by atoms with Crippen LogP contribution in [-0.2, 0) is 0 Å². The fourth-order valence-electron chi connectivity index (χ4n) is 3.01. The van der Waals surface area contributed by atoms with Gasteiger partial charge in [-0.05, 0) is 33.6 Å². The van der Waals surface area contributed by atoms with Crippen LogP contribution in [-0.4, -0.2) is 54.1 Å². The van der Waals surface area contributed by atoms with Crippen molar-refractivity contribution in [3.63, 3.8) is 0 Å². The quantitative estimate of drug-likeness (QED) is 0.860. The van der Waals surface area contributed by atoms with Gasteiger partial charge in [0, 0.05) is 25.0 Å². The van der Waals surface area contributed by atoms with Crippen molar-refractivity contribution in [1.29, 1.82) is 0 Å². The number of likely N-dealkylation sites (tertiary alicyclic amines) is 1. The molecule has 1 saturated heterocycles. The molecule has 1 aliphatic heterocycles. The van der Waals surface area contributed by atoms with E-state index >= 15 is 0 Å². The Bertz CT molecular complexity index is 749. The maximum atomic E-state index is 12.6. The molecule has 1 amide bonds. The van der Waals surface area contributed by atoms with Crippen molar-refractivity contribution in [2.24, 2.45) is 0 Å². The Balaban J connectivity index is 1.68. The van der Waals surface area contributed by atoms with Gasteiger partial charge in [0.05, 0.1) is 5.69 Å². The summed E-state index contributed by atoms with van der Waals surface area (Å²) in [7, 11) is 0. The Hall–Kier alpha value is -2.45. The number of piperidine rings is 1. The molecule has 2 N–H and O–H groups in total. The van der Waals surface area contributed by atoms with Gasteiger partial charge in [-0.25, -0.2) is 14.6 Å². The number of nitrogens with zero attached hydrogens (tertiary/aromatic N) is 5. The van der Waals surface area contributed by atoms with Crippen LogP contribution < -0.4 is 5.69 Å². The van der Waals surface area contributed by atoms with E-state index in [9.17, 15) is 9.59 Å². The summed E-state index contributed by atoms with van der Waals surface area (Å²) in [5, 5.41) is 14.5. The lowest BCUT2D eigenvalue weighted by Gasteiger charge is -2.30. The molecule has 3 heterocycles. The number of rotatable bonds is 3. The molecular formula is C14H21N7O2. The second-order valence-corrected chi connectivity index (χ2v) is 6.19. The van der Waals surface area contributed by atoms with E-state index in [1.807, 2.05) is 20.8 Å². The standard InChI is InChI=1S/C14H21N7O2/c1-8(2)21-9(3)11(16-19-21)13(22)20-6-4-10(5-7-20)12-15-14(23)18-17-12/h8,10H,4-7H2,1-3H3,(H2,15,17,18,23). The van der Waals surface area contributed by atoms with Gasteiger partial charge in [-0.3, -0.25) is 9.78 Å². The van der Waals surface area contributed by atoms with Crippen molar-refractivity contribution in [3.05, 3.63) is 27.7 Å². The summed E-state index contributed by atoms with van der Waals surface area (Å²) in [6.07, 6.45) is 1.54. The second kappa shape index (κ2) is 5.98. The zero-order valence-corrected chi connectivity index (χ0v) is 13.5. The SMILES string of the molecule is Cc1c(C(=O)N2CCC(c3n[nH]c(=O)[nH]3)CC2)nnn1C(C)C. The number of carbonyl (C=O) groups is 1. The molecule has 0 aromatic carbocycles. The number of aromatic nitrogens is 6. The molecule has 23 heavy (non-hydrogen) atoms. The lowest BCUT2D eigenvalue weighted by molar-refractivity contribution is 0.0704. The third-order valence-corrected chi connectivity index (χ3v) is 4.31. The minimum atomic E-state index is -0.292. The molecule has 124 valence electrons. The zero-order valence-electron chi connectivity index (χ0n) is 13.5. The number of nitrogens with one attached hydrogen (secondary N) is 2. The van der Waals surface area contributed by atoms with E-state index in [1.54, 1.807) is 9.58 Å². The highest BCUT2D eigenvalue weighted by molar-refractivity contribution is 5.93. The first-order valence-corrected chi connectivity index (χ1v) is 7.83. The van der Waals surface area contributed by atoms with E-state index in [1.165, 1.54) is 0 Å². The van der Waals surface area contributed by atoms with E-state index in [2.05, 4.69) is 25.5 Å². The molecule has 1 fully saturated rings. The zero-order chi connectivity index (χ0) is 16.6. The van der Waals surface area contributed by atoms with Gasteiger partial charge in [-0.15, -0.1) is 5.10 Å². The third-order valence-electron chi connectivity index (χ3n) is 4.31. The van der Waals surface area contributed by atoms with Crippen LogP contribution in [0.4, 0.5) is 0 Å². The number of H-pyrrole nitrogens is 2. The lowest BCUT2D eigenvalue weighted by atomic mass is 9.96. The van der Waals surface area contributed by atoms with Gasteiger partial charge in [-0.1, -0.05) is 5.21 Å². The number of hydrogen-bond donors (Lipinski definition) is 2. The molecular weight excluding hydrogens is 298 g/mol. The van der Waals surface area contributed by atoms with E-state index in [0.717, 1.165) is 18.5 Å². The normalized spacial score (nSPS) is 16.3. The molecule has 2 aromatic heterocycles. The first-order valence-electron chi connectivity index (χ1n) is 7.83. The predicted octanol–water partition coefficient (Wildman–Crippen LogP) is 0.599. The van der Waals surface area contributed by atoms with E-state index in [0.29, 0.717) is 24.6 Å². The number of amides is 1. The highest BCUT2D eigenvalue weighted by atomic mass is 16.2. The van der Waals surface area contributed by atoms with Gasteiger partial charge < -0.3 is 4.90 Å². The second-order valence-electron chi connectivity index (χ2n) is 6.19. The Morgan fingerprint density at radius 2 is 2.00 bits per heavy atom. The van der Waals surface area contributed by atoms with Crippen LogP contribution in [0.5, 0.6) is 0 Å². The Morgan fingerprint density at radius 1 is 1.30 bits per heavy atom. The monoisotopic (exact) mass is 319 g/mol. The smallest absolute Gasteiger partial charge is 0.337 e. The fraction of sp³-hybridized carbons (Fsp3) is 0.643. The lowest BCUT2D eigenvalue weighted by Crippen LogP contribution is -2.38. The fourth-order valence-corrected chi connectivity index (χ4v) is 3.01. The topological polar surface area (TPSA) is 113 Å². The minimum Gasteiger partial charge on any atom is -0.337 e. The van der Waals surface area contributed by atoms with Crippen molar-refractivity contribution in [1.82, 2.24) is 35.1 Å². The van der Waals surface area contributed by atoms with Crippen molar-refractivity contribution in [2.75, 3.05) is 13.1 Å². The van der Waals surface area contributed by atoms with Gasteiger partial charge in [0.15, 0.2) is 5.69 Å². The third kappa shape index (κ3) is 2.90. The Labute approximate surface area is 133 Å². The molecule has 0 saturated carbocycles. The highest BCUT2D eigenvalue weighted by Crippen LogP contribution is 2.25. The predicted molar refractivity (Wildman–Crippen MR) is 82.2 cm³/mol. The molecule has 9 nitrogen and oxygen atoms in total. The first-order chi connectivity index (χ1) is 11.0. The van der Waals surface area contributed by atoms with E-state index in [-0.39, 0.29) is 23.6 Å². The molecule has 2 aromatic rings. The average Bonchev–Trinajstić information content (AvgIpc) is 3.13. The Morgan fingerprint density at radius 3 is 2.52 bits per heavy atom. The van der Waals surface area contributed by atoms with Crippen LogP contribution in [0.1, 0.15) is 60.7 Å². The molecule has 0 atom stereocenters. The van der Waals surface area contributed by atoms with Crippen LogP contribution in [0.25, 0.3) is 0 Å². The molecule has 1 aliphatic rings. The molecule has 0 radical (unpaired) electrons. The molecule has 0 aliphatic carbocycles. The largest absolute Gasteiger partial charge is 0.340 e. The summed E-state index contributed by atoms with van der Waals surface area (Å²) in [4.78, 5) is 28.3. The van der Waals surface area contributed by atoms with Gasteiger partial charge in [0.2, 0.25) is 0 Å². The molecule has 0 bridgehead atoms. The summed E-state index contributed by atoms with van der Waals surface area (Å²) in [5.74, 6) is 0.762. The highest BCUT2D eigenvalue weighted by Gasteiger charge is 2.29. The van der Waals surface area contributed by atoms with Gasteiger partial charge >= 0.3 is 5.69 Å². The van der Waals surface area contributed by atoms with Crippen molar-refractivity contribution in [2.45, 2.75) is 45.6 Å². The summed E-state index contributed by atoms with van der Waals surface area (Å²) in [5.41, 5.74) is 0.925. The number of carbonyl (C=O) groups excluding carboxylic acids is 1. The van der Waals surface area contributed by atoms with Crippen molar-refractivity contribution < 1.29 is 4.79 Å². The first kappa shape index (κ1) is 15.4. The van der Waals surface area contributed by atoms with Crippen LogP contribution in [0.15, 0.2) is 4.79 Å². The van der Waals surface area contributed by atoms with Crippen molar-refractivity contribution >= 4 is 5.91 Å². The molecule has 0 spiro atoms. The summed E-state index contributed by atoms with van der Waals surface area (Å²) in [6, 6.07) is 0.172. The Kier molecular flexibility index (Phi) is 4.01. The average molecular weight is 319 g/mol. The minimum absolute atomic E-state index is 0.0802. The van der Waals surface area contributed by atoms with Crippen LogP contribution in [0, 0.1) is 6.92 Å². The van der Waals surface area contributed by atoms with Crippen LogP contribution in [0.3, 0.4) is 0 Å². The van der Waals surface area contributed by atoms with Crippen molar-refractivity contribution in [3.8, 4) is 0 Å². The van der Waals surface area contributed by atoms with Gasteiger partial charge in [0.1, 0.15) is 5.82 Å². The number of hydrogen-bond acceptors (Lipinski definition) is 5. The summed E-state index contributed by atoms with van der Waals surface area (Å²) < 4.78 is 1.76. The van der Waals surface area contributed by atoms with Crippen LogP contribution >= 0.6 is 0 Å². The van der Waals surface area contributed by atoms with Crippen LogP contribution in [0.2, 0.25) is 0 Å². The summed E-state index contributed by atoms with van der Waals surface area (Å²) >= 11 is 0. The molecule has 3 rings (SSSR count).